The average molecular weight is 437 g/mol. The van der Waals surface area contributed by atoms with Gasteiger partial charge in [0.15, 0.2) is 18.2 Å². The van der Waals surface area contributed by atoms with Crippen molar-refractivity contribution in [1.29, 1.82) is 0 Å². The number of nitrogen functional groups attached to an aromatic ring is 1. The second kappa shape index (κ2) is 9.82. The molecule has 1 saturated heterocycles. The number of piperazine rings is 1. The second-order valence-corrected chi connectivity index (χ2v) is 7.18. The van der Waals surface area contributed by atoms with Crippen molar-refractivity contribution < 1.29 is 13.9 Å². The van der Waals surface area contributed by atoms with Gasteiger partial charge >= 0.3 is 0 Å². The maximum absolute atomic E-state index is 13.2. The van der Waals surface area contributed by atoms with Crippen LogP contribution in [0.4, 0.5) is 27.4 Å². The van der Waals surface area contributed by atoms with Gasteiger partial charge in [-0.25, -0.2) is 14.4 Å². The van der Waals surface area contributed by atoms with Gasteiger partial charge in [0.05, 0.1) is 0 Å². The number of carbonyl (C=O) groups excluding carboxylic acids is 1. The van der Waals surface area contributed by atoms with Crippen molar-refractivity contribution in [3.63, 3.8) is 0 Å². The van der Waals surface area contributed by atoms with Crippen molar-refractivity contribution in [1.82, 2.24) is 15.4 Å². The van der Waals surface area contributed by atoms with Crippen LogP contribution in [0.15, 0.2) is 60.9 Å². The average Bonchev–Trinajstić information content (AvgIpc) is 2.83. The van der Waals surface area contributed by atoms with Crippen LogP contribution in [0.1, 0.15) is 0 Å². The Kier molecular flexibility index (Phi) is 6.49. The van der Waals surface area contributed by atoms with E-state index in [9.17, 15) is 9.18 Å². The van der Waals surface area contributed by atoms with Crippen molar-refractivity contribution in [3.8, 4) is 5.75 Å². The third kappa shape index (κ3) is 5.15. The fourth-order valence-corrected chi connectivity index (χ4v) is 3.40. The van der Waals surface area contributed by atoms with Crippen LogP contribution in [0.2, 0.25) is 0 Å². The molecule has 0 aliphatic carbocycles. The molecule has 9 nitrogen and oxygen atoms in total. The van der Waals surface area contributed by atoms with Crippen LogP contribution in [0.3, 0.4) is 0 Å². The summed E-state index contributed by atoms with van der Waals surface area (Å²) >= 11 is 0. The predicted molar refractivity (Wildman–Crippen MR) is 121 cm³/mol. The first kappa shape index (κ1) is 21.2. The van der Waals surface area contributed by atoms with Gasteiger partial charge < -0.3 is 20.3 Å². The third-order valence-corrected chi connectivity index (χ3v) is 5.07. The van der Waals surface area contributed by atoms with Gasteiger partial charge in [-0.15, -0.1) is 0 Å². The van der Waals surface area contributed by atoms with Crippen molar-refractivity contribution in [3.05, 3.63) is 66.7 Å². The second-order valence-electron chi connectivity index (χ2n) is 7.18. The molecule has 1 aromatic heterocycles. The molecule has 166 valence electrons. The maximum Gasteiger partial charge on any atom is 0.276 e. The molecule has 0 saturated carbocycles. The smallest absolute Gasteiger partial charge is 0.276 e. The molecule has 4 rings (SSSR count). The summed E-state index contributed by atoms with van der Waals surface area (Å²) in [6, 6.07) is 15.5. The van der Waals surface area contributed by atoms with E-state index in [4.69, 9.17) is 10.5 Å². The van der Waals surface area contributed by atoms with E-state index in [-0.39, 0.29) is 18.3 Å². The van der Waals surface area contributed by atoms with Gasteiger partial charge in [0.25, 0.3) is 5.91 Å². The summed E-state index contributed by atoms with van der Waals surface area (Å²) in [5, 5.41) is 0. The largest absolute Gasteiger partial charge is 0.484 e. The molecule has 0 unspecified atom stereocenters. The quantitative estimate of drug-likeness (QED) is 0.482. The number of aromatic nitrogens is 2. The zero-order valence-electron chi connectivity index (χ0n) is 17.4. The van der Waals surface area contributed by atoms with Crippen LogP contribution in [-0.2, 0) is 4.79 Å². The highest BCUT2D eigenvalue weighted by Crippen LogP contribution is 2.27. The number of amides is 1. The van der Waals surface area contributed by atoms with Gasteiger partial charge in [-0.05, 0) is 36.4 Å². The SMILES string of the molecule is Nc1c(NNC(=O)COc2ccccc2)ncnc1N1CCN(c2ccc(F)cc2)CC1. The molecule has 0 atom stereocenters. The predicted octanol–water partition coefficient (Wildman–Crippen LogP) is 2.05. The lowest BCUT2D eigenvalue weighted by molar-refractivity contribution is -0.122. The summed E-state index contributed by atoms with van der Waals surface area (Å²) in [6.45, 7) is 2.71. The normalized spacial score (nSPS) is 13.5. The van der Waals surface area contributed by atoms with E-state index >= 15 is 0 Å². The highest BCUT2D eigenvalue weighted by atomic mass is 19.1. The molecular weight excluding hydrogens is 413 g/mol. The van der Waals surface area contributed by atoms with E-state index in [0.29, 0.717) is 36.2 Å². The van der Waals surface area contributed by atoms with Crippen molar-refractivity contribution >= 4 is 28.9 Å². The zero-order valence-corrected chi connectivity index (χ0v) is 17.4. The van der Waals surface area contributed by atoms with E-state index in [0.717, 1.165) is 18.8 Å². The number of hydrazine groups is 1. The maximum atomic E-state index is 13.2. The van der Waals surface area contributed by atoms with Gasteiger partial charge in [0.2, 0.25) is 0 Å². The van der Waals surface area contributed by atoms with Crippen molar-refractivity contribution in [2.75, 3.05) is 53.7 Å². The number of nitrogens with one attached hydrogen (secondary N) is 2. The Morgan fingerprint density at radius 3 is 2.41 bits per heavy atom. The first-order valence-corrected chi connectivity index (χ1v) is 10.2. The Morgan fingerprint density at radius 2 is 1.69 bits per heavy atom. The molecular formula is C22H24FN7O2. The Bertz CT molecular complexity index is 1040. The number of nitrogens with zero attached hydrogens (tertiary/aromatic N) is 4. The highest BCUT2D eigenvalue weighted by Gasteiger charge is 2.21. The van der Waals surface area contributed by atoms with E-state index in [1.54, 1.807) is 24.3 Å². The van der Waals surface area contributed by atoms with Gasteiger partial charge in [0, 0.05) is 31.9 Å². The minimum absolute atomic E-state index is 0.153. The highest BCUT2D eigenvalue weighted by molar-refractivity contribution is 5.81. The molecule has 10 heteroatoms. The molecule has 2 aromatic carbocycles. The first-order chi connectivity index (χ1) is 15.6. The number of hydrogen-bond acceptors (Lipinski definition) is 8. The fourth-order valence-electron chi connectivity index (χ4n) is 3.40. The summed E-state index contributed by atoms with van der Waals surface area (Å²) < 4.78 is 18.6. The molecule has 0 radical (unpaired) electrons. The summed E-state index contributed by atoms with van der Waals surface area (Å²) in [6.07, 6.45) is 1.40. The molecule has 1 aliphatic heterocycles. The summed E-state index contributed by atoms with van der Waals surface area (Å²) in [5.41, 5.74) is 12.8. The monoisotopic (exact) mass is 437 g/mol. The van der Waals surface area contributed by atoms with Crippen LogP contribution in [0, 0.1) is 5.82 Å². The summed E-state index contributed by atoms with van der Waals surface area (Å²) in [5.74, 6) is 0.882. The Morgan fingerprint density at radius 1 is 1.00 bits per heavy atom. The number of ether oxygens (including phenoxy) is 1. The number of anilines is 4. The molecule has 0 spiro atoms. The number of carbonyl (C=O) groups is 1. The lowest BCUT2D eigenvalue weighted by atomic mass is 10.2. The number of para-hydroxylation sites is 1. The van der Waals surface area contributed by atoms with Crippen LogP contribution >= 0.6 is 0 Å². The van der Waals surface area contributed by atoms with Crippen molar-refractivity contribution in [2.45, 2.75) is 0 Å². The van der Waals surface area contributed by atoms with Crippen LogP contribution < -0.4 is 31.1 Å². The van der Waals surface area contributed by atoms with Gasteiger partial charge in [-0.2, -0.15) is 0 Å². The molecule has 32 heavy (non-hydrogen) atoms. The topological polar surface area (TPSA) is 109 Å². The lowest BCUT2D eigenvalue weighted by Gasteiger charge is -2.37. The van der Waals surface area contributed by atoms with E-state index in [1.165, 1.54) is 18.5 Å². The van der Waals surface area contributed by atoms with E-state index in [1.807, 2.05) is 18.2 Å². The van der Waals surface area contributed by atoms with E-state index < -0.39 is 0 Å². The first-order valence-electron chi connectivity index (χ1n) is 10.2. The van der Waals surface area contributed by atoms with Crippen LogP contribution in [-0.4, -0.2) is 48.7 Å². The zero-order chi connectivity index (χ0) is 22.3. The van der Waals surface area contributed by atoms with Gasteiger partial charge in [0.1, 0.15) is 23.6 Å². The molecule has 3 aromatic rings. The van der Waals surface area contributed by atoms with Crippen LogP contribution in [0.5, 0.6) is 5.75 Å². The Hall–Kier alpha value is -4.08. The Balaban J connectivity index is 1.31. The van der Waals surface area contributed by atoms with Crippen molar-refractivity contribution in [2.24, 2.45) is 0 Å². The number of rotatable bonds is 7. The lowest BCUT2D eigenvalue weighted by Crippen LogP contribution is -2.47. The number of benzene rings is 2. The van der Waals surface area contributed by atoms with Crippen LogP contribution in [0.25, 0.3) is 0 Å². The Labute approximate surface area is 185 Å². The van der Waals surface area contributed by atoms with E-state index in [2.05, 4.69) is 30.6 Å². The number of nitrogens with two attached hydrogens (primary N) is 1. The molecule has 4 N–H and O–H groups in total. The number of hydrogen-bond donors (Lipinski definition) is 3. The molecule has 1 amide bonds. The minimum atomic E-state index is -0.374. The standard InChI is InChI=1S/C22H24FN7O2/c23-16-6-8-17(9-7-16)29-10-12-30(13-11-29)22-20(24)21(25-15-26-22)28-27-19(31)14-32-18-4-2-1-3-5-18/h1-9,15H,10-14,24H2,(H,27,31)(H,25,26,28). The summed E-state index contributed by atoms with van der Waals surface area (Å²) in [4.78, 5) is 24.7. The number of halogens is 1. The third-order valence-electron chi connectivity index (χ3n) is 5.07. The minimum Gasteiger partial charge on any atom is -0.484 e. The molecule has 2 heterocycles. The summed E-state index contributed by atoms with van der Waals surface area (Å²) in [7, 11) is 0. The molecule has 0 bridgehead atoms. The molecule has 1 fully saturated rings. The fraction of sp³-hybridized carbons (Fsp3) is 0.227. The molecule has 1 aliphatic rings. The van der Waals surface area contributed by atoms with Gasteiger partial charge in [-0.3, -0.25) is 15.6 Å². The van der Waals surface area contributed by atoms with Gasteiger partial charge in [-0.1, -0.05) is 18.2 Å².